The van der Waals surface area contributed by atoms with Crippen LogP contribution < -0.4 is 5.73 Å². The number of nitrogens with zero attached hydrogens (tertiary/aromatic N) is 1. The summed E-state index contributed by atoms with van der Waals surface area (Å²) in [6, 6.07) is 0.210. The summed E-state index contributed by atoms with van der Waals surface area (Å²) in [4.78, 5) is 14.3. The smallest absolute Gasteiger partial charge is 0.294 e. The van der Waals surface area contributed by atoms with Crippen LogP contribution in [0, 0.1) is 10.1 Å². The Morgan fingerprint density at radius 2 is 1.91 bits per heavy atom. The van der Waals surface area contributed by atoms with Crippen LogP contribution in [0.25, 0.3) is 0 Å². The van der Waals surface area contributed by atoms with Crippen LogP contribution in [0.5, 0.6) is 0 Å². The Hall–Kier alpha value is -0.840. The molecule has 0 aromatic carbocycles. The van der Waals surface area contributed by atoms with E-state index in [4.69, 9.17) is 5.73 Å². The molecule has 0 unspecified atom stereocenters. The molecular formula is C6H12N2O3. The Bertz CT molecular complexity index is 143. The van der Waals surface area contributed by atoms with E-state index in [9.17, 15) is 10.1 Å². The zero-order chi connectivity index (χ0) is 8.27. The molecule has 0 spiro atoms. The zero-order valence-corrected chi connectivity index (χ0v) is 6.23. The molecule has 1 saturated carbocycles. The lowest BCUT2D eigenvalue weighted by Gasteiger charge is -2.23. The first-order valence-corrected chi connectivity index (χ1v) is 3.75. The molecule has 2 N–H and O–H groups in total. The minimum Gasteiger partial charge on any atom is -0.328 e. The van der Waals surface area contributed by atoms with E-state index < -0.39 is 5.09 Å². The van der Waals surface area contributed by atoms with Crippen molar-refractivity contribution in [1.82, 2.24) is 0 Å². The lowest BCUT2D eigenvalue weighted by Crippen LogP contribution is -2.31. The van der Waals surface area contributed by atoms with Crippen molar-refractivity contribution in [3.63, 3.8) is 0 Å². The largest absolute Gasteiger partial charge is 0.328 e. The molecule has 0 aromatic rings. The average molecular weight is 160 g/mol. The molecule has 0 atom stereocenters. The van der Waals surface area contributed by atoms with Crippen molar-refractivity contribution in [2.45, 2.75) is 37.8 Å². The monoisotopic (exact) mass is 160 g/mol. The van der Waals surface area contributed by atoms with E-state index >= 15 is 0 Å². The van der Waals surface area contributed by atoms with Gasteiger partial charge in [0.15, 0.2) is 0 Å². The third-order valence-corrected chi connectivity index (χ3v) is 1.95. The van der Waals surface area contributed by atoms with Crippen molar-refractivity contribution in [1.29, 1.82) is 0 Å². The van der Waals surface area contributed by atoms with E-state index in [0.717, 1.165) is 12.8 Å². The first-order chi connectivity index (χ1) is 5.18. The predicted octanol–water partition coefficient (Wildman–Crippen LogP) is 0.465. The van der Waals surface area contributed by atoms with Crippen molar-refractivity contribution in [2.24, 2.45) is 5.73 Å². The van der Waals surface area contributed by atoms with Crippen molar-refractivity contribution in [3.8, 4) is 0 Å². The Labute approximate surface area is 64.6 Å². The summed E-state index contributed by atoms with van der Waals surface area (Å²) in [6.45, 7) is 0. The van der Waals surface area contributed by atoms with Gasteiger partial charge in [0.1, 0.15) is 6.10 Å². The predicted molar refractivity (Wildman–Crippen MR) is 38.3 cm³/mol. The SMILES string of the molecule is NC1CCC(O[N+](=O)[O-])CC1. The van der Waals surface area contributed by atoms with Crippen LogP contribution in [0.2, 0.25) is 0 Å². The van der Waals surface area contributed by atoms with Crippen LogP contribution in [0.3, 0.4) is 0 Å². The van der Waals surface area contributed by atoms with Gasteiger partial charge >= 0.3 is 0 Å². The van der Waals surface area contributed by atoms with Gasteiger partial charge in [0.05, 0.1) is 0 Å². The van der Waals surface area contributed by atoms with Crippen LogP contribution in [0.15, 0.2) is 0 Å². The van der Waals surface area contributed by atoms with Crippen molar-refractivity contribution in [3.05, 3.63) is 10.1 Å². The van der Waals surface area contributed by atoms with Crippen molar-refractivity contribution < 1.29 is 9.92 Å². The highest BCUT2D eigenvalue weighted by molar-refractivity contribution is 4.73. The molecule has 0 amide bonds. The standard InChI is InChI=1S/C6H12N2O3/c7-5-1-3-6(4-2-5)11-8(9)10/h5-6H,1-4,7H2. The highest BCUT2D eigenvalue weighted by Crippen LogP contribution is 2.19. The summed E-state index contributed by atoms with van der Waals surface area (Å²) in [5.74, 6) is 0. The van der Waals surface area contributed by atoms with Crippen LogP contribution >= 0.6 is 0 Å². The van der Waals surface area contributed by atoms with Gasteiger partial charge in [-0.05, 0) is 25.7 Å². The Balaban J connectivity index is 2.22. The maximum atomic E-state index is 9.90. The molecule has 0 saturated heterocycles. The number of nitrogens with two attached hydrogens (primary N) is 1. The number of rotatable bonds is 2. The van der Waals surface area contributed by atoms with Gasteiger partial charge < -0.3 is 10.6 Å². The van der Waals surface area contributed by atoms with Gasteiger partial charge in [-0.15, -0.1) is 10.1 Å². The van der Waals surface area contributed by atoms with Gasteiger partial charge in [-0.3, -0.25) is 0 Å². The highest BCUT2D eigenvalue weighted by atomic mass is 17.0. The molecule has 0 aliphatic heterocycles. The number of hydrogen-bond donors (Lipinski definition) is 1. The van der Waals surface area contributed by atoms with Crippen LogP contribution in [-0.4, -0.2) is 17.2 Å². The van der Waals surface area contributed by atoms with Crippen LogP contribution in [-0.2, 0) is 4.84 Å². The summed E-state index contributed by atoms with van der Waals surface area (Å²) in [7, 11) is 0. The molecule has 5 nitrogen and oxygen atoms in total. The summed E-state index contributed by atoms with van der Waals surface area (Å²) in [5.41, 5.74) is 5.60. The highest BCUT2D eigenvalue weighted by Gasteiger charge is 2.20. The first kappa shape index (κ1) is 8.26. The van der Waals surface area contributed by atoms with Gasteiger partial charge in [-0.2, -0.15) is 0 Å². The lowest BCUT2D eigenvalue weighted by molar-refractivity contribution is -0.769. The van der Waals surface area contributed by atoms with E-state index in [-0.39, 0.29) is 12.1 Å². The van der Waals surface area contributed by atoms with Gasteiger partial charge in [-0.25, -0.2) is 0 Å². The molecule has 1 rings (SSSR count). The summed E-state index contributed by atoms with van der Waals surface area (Å²) in [5, 5.41) is 9.18. The van der Waals surface area contributed by atoms with Gasteiger partial charge in [0.25, 0.3) is 5.09 Å². The lowest BCUT2D eigenvalue weighted by atomic mass is 9.94. The van der Waals surface area contributed by atoms with Gasteiger partial charge in [0.2, 0.25) is 0 Å². The second-order valence-corrected chi connectivity index (χ2v) is 2.87. The molecule has 64 valence electrons. The second kappa shape index (κ2) is 3.52. The van der Waals surface area contributed by atoms with Crippen LogP contribution in [0.4, 0.5) is 0 Å². The molecule has 1 aliphatic carbocycles. The molecular weight excluding hydrogens is 148 g/mol. The fourth-order valence-electron chi connectivity index (χ4n) is 1.32. The number of hydrogen-bond acceptors (Lipinski definition) is 4. The minimum absolute atomic E-state index is 0.210. The molecule has 0 bridgehead atoms. The van der Waals surface area contributed by atoms with Crippen molar-refractivity contribution in [2.75, 3.05) is 0 Å². The molecule has 1 fully saturated rings. The maximum Gasteiger partial charge on any atom is 0.294 e. The molecule has 0 radical (unpaired) electrons. The topological polar surface area (TPSA) is 78.4 Å². The zero-order valence-electron chi connectivity index (χ0n) is 6.23. The normalized spacial score (nSPS) is 31.4. The Morgan fingerprint density at radius 1 is 1.36 bits per heavy atom. The molecule has 11 heavy (non-hydrogen) atoms. The molecule has 5 heteroatoms. The fourth-order valence-corrected chi connectivity index (χ4v) is 1.32. The van der Waals surface area contributed by atoms with Crippen LogP contribution in [0.1, 0.15) is 25.7 Å². The van der Waals surface area contributed by atoms with E-state index in [2.05, 4.69) is 4.84 Å². The molecule has 0 heterocycles. The Morgan fingerprint density at radius 3 is 2.36 bits per heavy atom. The maximum absolute atomic E-state index is 9.90. The molecule has 0 aromatic heterocycles. The average Bonchev–Trinajstić information content (AvgIpc) is 1.93. The fraction of sp³-hybridized carbons (Fsp3) is 1.00. The van der Waals surface area contributed by atoms with Gasteiger partial charge in [-0.1, -0.05) is 0 Å². The third-order valence-electron chi connectivity index (χ3n) is 1.95. The first-order valence-electron chi connectivity index (χ1n) is 3.75. The van der Waals surface area contributed by atoms with Gasteiger partial charge in [0, 0.05) is 6.04 Å². The van der Waals surface area contributed by atoms with Crippen molar-refractivity contribution >= 4 is 0 Å². The van der Waals surface area contributed by atoms with E-state index in [1.54, 1.807) is 0 Å². The summed E-state index contributed by atoms with van der Waals surface area (Å²) >= 11 is 0. The van der Waals surface area contributed by atoms with E-state index in [1.807, 2.05) is 0 Å². The van der Waals surface area contributed by atoms with E-state index in [0.29, 0.717) is 12.8 Å². The quantitative estimate of drug-likeness (QED) is 0.470. The second-order valence-electron chi connectivity index (χ2n) is 2.87. The molecule has 1 aliphatic rings. The minimum atomic E-state index is -0.721. The summed E-state index contributed by atoms with van der Waals surface area (Å²) in [6.07, 6.45) is 2.87. The Kier molecular flexibility index (Phi) is 2.64. The van der Waals surface area contributed by atoms with E-state index in [1.165, 1.54) is 0 Å². The summed E-state index contributed by atoms with van der Waals surface area (Å²) < 4.78 is 0. The third kappa shape index (κ3) is 2.71.